The minimum atomic E-state index is -0.147. The summed E-state index contributed by atoms with van der Waals surface area (Å²) in [6, 6.07) is 13.2. The topological polar surface area (TPSA) is 9.23 Å². The molecule has 3 heteroatoms. The fourth-order valence-electron chi connectivity index (χ4n) is 2.71. The van der Waals surface area contributed by atoms with Crippen molar-refractivity contribution in [2.45, 2.75) is 30.5 Å². The van der Waals surface area contributed by atoms with Gasteiger partial charge in [0.15, 0.2) is 0 Å². The highest BCUT2D eigenvalue weighted by atomic mass is 79.9. The molecule has 1 heterocycles. The average molecular weight is 349 g/mol. The van der Waals surface area contributed by atoms with Crippen molar-refractivity contribution in [1.82, 2.24) is 0 Å². The van der Waals surface area contributed by atoms with Crippen molar-refractivity contribution in [3.63, 3.8) is 0 Å². The molecule has 1 unspecified atom stereocenters. The number of alkyl halides is 1. The first-order valence-corrected chi connectivity index (χ1v) is 8.04. The van der Waals surface area contributed by atoms with E-state index in [-0.39, 0.29) is 16.1 Å². The van der Waals surface area contributed by atoms with Crippen LogP contribution in [0.1, 0.15) is 35.4 Å². The van der Waals surface area contributed by atoms with Crippen molar-refractivity contribution in [2.24, 2.45) is 0 Å². The fourth-order valence-corrected chi connectivity index (χ4v) is 3.34. The van der Waals surface area contributed by atoms with Gasteiger partial charge in [-0.3, -0.25) is 0 Å². The zero-order chi connectivity index (χ0) is 15.0. The standard InChI is InChI=1S/C18H18BrFO/c1-18(2)11-21-17-8-7-12(9-14(17)18)15(19)10-13-5-3-4-6-16(13)20/h3-9,15H,10-11H2,1-2H3. The molecule has 0 fully saturated rings. The highest BCUT2D eigenvalue weighted by Gasteiger charge is 2.32. The molecule has 0 aromatic heterocycles. The number of ether oxygens (including phenoxy) is 1. The number of benzene rings is 2. The van der Waals surface area contributed by atoms with E-state index in [1.165, 1.54) is 11.6 Å². The van der Waals surface area contributed by atoms with Gasteiger partial charge in [-0.25, -0.2) is 4.39 Å². The molecule has 3 rings (SSSR count). The summed E-state index contributed by atoms with van der Waals surface area (Å²) < 4.78 is 19.5. The van der Waals surface area contributed by atoms with Gasteiger partial charge in [-0.15, -0.1) is 0 Å². The first-order valence-electron chi connectivity index (χ1n) is 7.12. The largest absolute Gasteiger partial charge is 0.492 e. The summed E-state index contributed by atoms with van der Waals surface area (Å²) in [5, 5.41) is 0. The van der Waals surface area contributed by atoms with Crippen molar-refractivity contribution in [2.75, 3.05) is 6.61 Å². The molecule has 1 atom stereocenters. The van der Waals surface area contributed by atoms with Crippen molar-refractivity contribution in [1.29, 1.82) is 0 Å². The number of halogens is 2. The second-order valence-corrected chi connectivity index (χ2v) is 7.30. The lowest BCUT2D eigenvalue weighted by molar-refractivity contribution is 0.291. The Bertz CT molecular complexity index is 666. The molecule has 0 saturated carbocycles. The molecule has 0 spiro atoms. The molecule has 1 aliphatic heterocycles. The summed E-state index contributed by atoms with van der Waals surface area (Å²) in [5.74, 6) is 0.820. The number of fused-ring (bicyclic) bond motifs is 1. The van der Waals surface area contributed by atoms with E-state index in [2.05, 4.69) is 41.9 Å². The van der Waals surface area contributed by atoms with E-state index in [0.717, 1.165) is 16.9 Å². The molecule has 0 saturated heterocycles. The fraction of sp³-hybridized carbons (Fsp3) is 0.333. The van der Waals surface area contributed by atoms with Crippen LogP contribution in [0.5, 0.6) is 5.75 Å². The molecule has 0 N–H and O–H groups in total. The molecule has 110 valence electrons. The monoisotopic (exact) mass is 348 g/mol. The molecule has 0 aliphatic carbocycles. The summed E-state index contributed by atoms with van der Waals surface area (Å²) in [6.45, 7) is 5.08. The highest BCUT2D eigenvalue weighted by Crippen LogP contribution is 2.41. The Labute approximate surface area is 133 Å². The minimum absolute atomic E-state index is 0.0378. The van der Waals surface area contributed by atoms with E-state index >= 15 is 0 Å². The Morgan fingerprint density at radius 1 is 1.24 bits per heavy atom. The Kier molecular flexibility index (Phi) is 3.78. The van der Waals surface area contributed by atoms with E-state index in [1.54, 1.807) is 6.07 Å². The minimum Gasteiger partial charge on any atom is -0.492 e. The third-order valence-corrected chi connectivity index (χ3v) is 4.89. The van der Waals surface area contributed by atoms with Crippen LogP contribution < -0.4 is 4.74 Å². The van der Waals surface area contributed by atoms with Gasteiger partial charge in [-0.1, -0.05) is 60.1 Å². The van der Waals surface area contributed by atoms with E-state index in [0.29, 0.717) is 13.0 Å². The van der Waals surface area contributed by atoms with Crippen LogP contribution in [0.4, 0.5) is 4.39 Å². The lowest BCUT2D eigenvalue weighted by Gasteiger charge is -2.17. The van der Waals surface area contributed by atoms with Gasteiger partial charge in [-0.2, -0.15) is 0 Å². The second kappa shape index (κ2) is 5.45. The van der Waals surface area contributed by atoms with Crippen molar-refractivity contribution < 1.29 is 9.13 Å². The molecule has 21 heavy (non-hydrogen) atoms. The SMILES string of the molecule is CC1(C)COc2ccc(C(Br)Cc3ccccc3F)cc21. The summed E-state index contributed by atoms with van der Waals surface area (Å²) in [4.78, 5) is 0.0936. The molecular formula is C18H18BrFO. The zero-order valence-electron chi connectivity index (χ0n) is 12.2. The maximum absolute atomic E-state index is 13.8. The van der Waals surface area contributed by atoms with E-state index < -0.39 is 0 Å². The average Bonchev–Trinajstić information content (AvgIpc) is 2.77. The predicted molar refractivity (Wildman–Crippen MR) is 86.7 cm³/mol. The van der Waals surface area contributed by atoms with Gasteiger partial charge in [-0.05, 0) is 29.7 Å². The van der Waals surface area contributed by atoms with Crippen LogP contribution in [-0.4, -0.2) is 6.61 Å². The molecule has 0 bridgehead atoms. The van der Waals surface area contributed by atoms with Crippen LogP contribution in [0.25, 0.3) is 0 Å². The highest BCUT2D eigenvalue weighted by molar-refractivity contribution is 9.09. The third-order valence-electron chi connectivity index (χ3n) is 4.04. The van der Waals surface area contributed by atoms with Gasteiger partial charge in [0.25, 0.3) is 0 Å². The van der Waals surface area contributed by atoms with E-state index in [4.69, 9.17) is 4.74 Å². The van der Waals surface area contributed by atoms with Crippen LogP contribution in [0.3, 0.4) is 0 Å². The van der Waals surface area contributed by atoms with Crippen molar-refractivity contribution in [3.8, 4) is 5.75 Å². The Morgan fingerprint density at radius 2 is 2.00 bits per heavy atom. The number of rotatable bonds is 3. The molecule has 2 aromatic carbocycles. The Balaban J connectivity index is 1.86. The smallest absolute Gasteiger partial charge is 0.126 e. The third kappa shape index (κ3) is 2.84. The van der Waals surface area contributed by atoms with Gasteiger partial charge in [0.2, 0.25) is 0 Å². The zero-order valence-corrected chi connectivity index (χ0v) is 13.8. The van der Waals surface area contributed by atoms with Gasteiger partial charge in [0, 0.05) is 15.8 Å². The lowest BCUT2D eigenvalue weighted by Crippen LogP contribution is -2.18. The molecule has 1 nitrogen and oxygen atoms in total. The quantitative estimate of drug-likeness (QED) is 0.695. The number of hydrogen-bond donors (Lipinski definition) is 0. The molecular weight excluding hydrogens is 331 g/mol. The Morgan fingerprint density at radius 3 is 2.76 bits per heavy atom. The maximum atomic E-state index is 13.8. The van der Waals surface area contributed by atoms with Gasteiger partial charge in [0.05, 0.1) is 6.61 Å². The van der Waals surface area contributed by atoms with Gasteiger partial charge < -0.3 is 4.74 Å². The second-order valence-electron chi connectivity index (χ2n) is 6.19. The summed E-state index contributed by atoms with van der Waals surface area (Å²) in [6.07, 6.45) is 0.632. The van der Waals surface area contributed by atoms with Gasteiger partial charge >= 0.3 is 0 Å². The van der Waals surface area contributed by atoms with Crippen LogP contribution in [0.15, 0.2) is 42.5 Å². The van der Waals surface area contributed by atoms with Crippen LogP contribution in [-0.2, 0) is 11.8 Å². The molecule has 0 radical (unpaired) electrons. The molecule has 1 aliphatic rings. The van der Waals surface area contributed by atoms with Crippen molar-refractivity contribution >= 4 is 15.9 Å². The Hall–Kier alpha value is -1.35. The van der Waals surface area contributed by atoms with Crippen LogP contribution in [0, 0.1) is 5.82 Å². The molecule has 0 amide bonds. The van der Waals surface area contributed by atoms with Crippen LogP contribution in [0.2, 0.25) is 0 Å². The summed E-state index contributed by atoms with van der Waals surface area (Å²) in [7, 11) is 0. The maximum Gasteiger partial charge on any atom is 0.126 e. The normalized spacial score (nSPS) is 17.1. The van der Waals surface area contributed by atoms with E-state index in [9.17, 15) is 4.39 Å². The first-order chi connectivity index (χ1) is 9.97. The lowest BCUT2D eigenvalue weighted by atomic mass is 9.85. The summed E-state index contributed by atoms with van der Waals surface area (Å²) in [5.41, 5.74) is 3.17. The van der Waals surface area contributed by atoms with Gasteiger partial charge in [0.1, 0.15) is 11.6 Å². The molecule has 2 aromatic rings. The first kappa shape index (κ1) is 14.6. The van der Waals surface area contributed by atoms with Crippen molar-refractivity contribution in [3.05, 3.63) is 65.0 Å². The van der Waals surface area contributed by atoms with E-state index in [1.807, 2.05) is 18.2 Å². The van der Waals surface area contributed by atoms with Crippen LogP contribution >= 0.6 is 15.9 Å². The summed E-state index contributed by atoms with van der Waals surface area (Å²) >= 11 is 3.70. The number of hydrogen-bond acceptors (Lipinski definition) is 1. The predicted octanol–water partition coefficient (Wildman–Crippen LogP) is 5.17.